The molecule has 0 N–H and O–H groups in total. The number of esters is 2. The highest BCUT2D eigenvalue weighted by Crippen LogP contribution is 2.40. The van der Waals surface area contributed by atoms with Crippen LogP contribution < -0.4 is 19.6 Å². The van der Waals surface area contributed by atoms with Crippen LogP contribution in [-0.2, 0) is 14.3 Å². The molecule has 1 aliphatic heterocycles. The Hall–Kier alpha value is -5.22. The first-order valence-corrected chi connectivity index (χ1v) is 16.3. The molecule has 0 spiro atoms. The van der Waals surface area contributed by atoms with Gasteiger partial charge in [0.05, 0.1) is 41.7 Å². The Morgan fingerprint density at radius 3 is 2.51 bits per heavy atom. The summed E-state index contributed by atoms with van der Waals surface area (Å²) in [6, 6.07) is 21.3. The number of methoxy groups -OCH3 is 1. The second-order valence-corrected chi connectivity index (χ2v) is 12.0. The fraction of sp³-hybridized carbons (Fsp3) is 0.243. The Morgan fingerprint density at radius 2 is 1.77 bits per heavy atom. The summed E-state index contributed by atoms with van der Waals surface area (Å²) < 4.78 is 24.6. The lowest BCUT2D eigenvalue weighted by Crippen LogP contribution is -2.40. The van der Waals surface area contributed by atoms with Crippen molar-refractivity contribution in [3.8, 4) is 17.1 Å². The van der Waals surface area contributed by atoms with Crippen molar-refractivity contribution in [1.29, 1.82) is 0 Å². The van der Waals surface area contributed by atoms with E-state index in [4.69, 9.17) is 23.6 Å². The van der Waals surface area contributed by atoms with Crippen molar-refractivity contribution < 1.29 is 28.2 Å². The Labute approximate surface area is 275 Å². The standard InChI is InChI=1S/C37H34N2O7S/c1-5-7-20-45-35(41)25-14-12-24(13-15-25)28-19-17-26(46-28)21-30-34(40)39-33(31(36(42)44-6-2)22(3)38-37(39)47-30)32-27-11-9-8-10-23(27)16-18-29(32)43-4/h8-19,21,33H,5-7,20H2,1-4H3/b30-21-/t33-/m0/s1. The minimum Gasteiger partial charge on any atom is -0.496 e. The van der Waals surface area contributed by atoms with Gasteiger partial charge in [0.15, 0.2) is 4.80 Å². The van der Waals surface area contributed by atoms with Crippen LogP contribution in [-0.4, -0.2) is 36.8 Å². The highest BCUT2D eigenvalue weighted by molar-refractivity contribution is 7.07. The number of carbonyl (C=O) groups is 2. The molecule has 0 aliphatic carbocycles. The van der Waals surface area contributed by atoms with E-state index in [9.17, 15) is 14.4 Å². The van der Waals surface area contributed by atoms with Gasteiger partial charge in [-0.15, -0.1) is 0 Å². The molecule has 9 nitrogen and oxygen atoms in total. The Bertz CT molecular complexity index is 2190. The zero-order valence-electron chi connectivity index (χ0n) is 26.6. The number of allylic oxidation sites excluding steroid dienone is 1. The van der Waals surface area contributed by atoms with Crippen LogP contribution in [0, 0.1) is 0 Å². The minimum absolute atomic E-state index is 0.173. The molecule has 0 radical (unpaired) electrons. The number of ether oxygens (including phenoxy) is 3. The van der Waals surface area contributed by atoms with Crippen LogP contribution in [0.3, 0.4) is 0 Å². The minimum atomic E-state index is -0.840. The molecular weight excluding hydrogens is 616 g/mol. The number of hydrogen-bond donors (Lipinski definition) is 0. The van der Waals surface area contributed by atoms with Crippen LogP contribution in [0.15, 0.2) is 98.3 Å². The number of furan rings is 1. The molecule has 0 unspecified atom stereocenters. The number of rotatable bonds is 10. The van der Waals surface area contributed by atoms with Crippen molar-refractivity contribution in [3.63, 3.8) is 0 Å². The SMILES string of the molecule is CCCCOC(=O)c1ccc(-c2ccc(/C=c3\sc4n(c3=O)[C@H](c3c(OC)ccc5ccccc35)C(C(=O)OCC)=C(C)N=4)o2)cc1. The van der Waals surface area contributed by atoms with Gasteiger partial charge in [0, 0.05) is 17.2 Å². The molecule has 1 atom stereocenters. The molecule has 5 aromatic rings. The lowest BCUT2D eigenvalue weighted by Gasteiger charge is -2.27. The first-order valence-electron chi connectivity index (χ1n) is 15.5. The largest absolute Gasteiger partial charge is 0.496 e. The first kappa shape index (κ1) is 31.7. The predicted octanol–water partition coefficient (Wildman–Crippen LogP) is 6.18. The molecule has 0 amide bonds. The zero-order valence-corrected chi connectivity index (χ0v) is 27.4. The van der Waals surface area contributed by atoms with Crippen molar-refractivity contribution in [3.05, 3.63) is 121 Å². The monoisotopic (exact) mass is 650 g/mol. The van der Waals surface area contributed by atoms with Gasteiger partial charge in [-0.05, 0) is 61.4 Å². The average molecular weight is 651 g/mol. The van der Waals surface area contributed by atoms with Gasteiger partial charge in [-0.3, -0.25) is 9.36 Å². The van der Waals surface area contributed by atoms with Crippen molar-refractivity contribution in [2.75, 3.05) is 20.3 Å². The van der Waals surface area contributed by atoms with Gasteiger partial charge in [0.1, 0.15) is 23.3 Å². The topological polar surface area (TPSA) is 109 Å². The molecule has 0 bridgehead atoms. The smallest absolute Gasteiger partial charge is 0.338 e. The maximum atomic E-state index is 14.2. The van der Waals surface area contributed by atoms with E-state index < -0.39 is 12.0 Å². The van der Waals surface area contributed by atoms with E-state index in [0.717, 1.165) is 29.2 Å². The maximum absolute atomic E-state index is 14.2. The average Bonchev–Trinajstić information content (AvgIpc) is 3.67. The van der Waals surface area contributed by atoms with Gasteiger partial charge in [-0.25, -0.2) is 14.6 Å². The number of unbranched alkanes of at least 4 members (excludes halogenated alkanes) is 1. The fourth-order valence-electron chi connectivity index (χ4n) is 5.68. The van der Waals surface area contributed by atoms with Crippen LogP contribution in [0.1, 0.15) is 61.3 Å². The number of hydrogen-bond acceptors (Lipinski definition) is 9. The molecule has 3 aromatic carbocycles. The van der Waals surface area contributed by atoms with E-state index >= 15 is 0 Å². The van der Waals surface area contributed by atoms with Crippen LogP contribution >= 0.6 is 11.3 Å². The number of fused-ring (bicyclic) bond motifs is 2. The van der Waals surface area contributed by atoms with Gasteiger partial charge in [0.2, 0.25) is 0 Å². The molecular formula is C37H34N2O7S. The van der Waals surface area contributed by atoms with Gasteiger partial charge in [-0.1, -0.05) is 67.1 Å². The van der Waals surface area contributed by atoms with Crippen molar-refractivity contribution in [2.45, 2.75) is 39.7 Å². The quantitative estimate of drug-likeness (QED) is 0.131. The molecule has 2 aromatic heterocycles. The van der Waals surface area contributed by atoms with Gasteiger partial charge in [0.25, 0.3) is 5.56 Å². The Balaban J connectivity index is 1.42. The summed E-state index contributed by atoms with van der Waals surface area (Å²) in [5, 5.41) is 1.78. The van der Waals surface area contributed by atoms with Crippen molar-refractivity contribution >= 4 is 40.1 Å². The van der Waals surface area contributed by atoms with Crippen LogP contribution in [0.5, 0.6) is 5.75 Å². The summed E-state index contributed by atoms with van der Waals surface area (Å²) in [7, 11) is 1.57. The van der Waals surface area contributed by atoms with Gasteiger partial charge < -0.3 is 18.6 Å². The number of aromatic nitrogens is 1. The number of thiazole rings is 1. The van der Waals surface area contributed by atoms with E-state index in [1.165, 1.54) is 11.3 Å². The van der Waals surface area contributed by atoms with Gasteiger partial charge in [-0.2, -0.15) is 0 Å². The summed E-state index contributed by atoms with van der Waals surface area (Å²) in [6.07, 6.45) is 3.44. The number of nitrogens with zero attached hydrogens (tertiary/aromatic N) is 2. The number of carbonyl (C=O) groups excluding carboxylic acids is 2. The molecule has 47 heavy (non-hydrogen) atoms. The second kappa shape index (κ2) is 13.6. The first-order chi connectivity index (χ1) is 22.8. The summed E-state index contributed by atoms with van der Waals surface area (Å²) in [6.45, 7) is 6.10. The van der Waals surface area contributed by atoms with Crippen LogP contribution in [0.2, 0.25) is 0 Å². The fourth-order valence-corrected chi connectivity index (χ4v) is 6.70. The lowest BCUT2D eigenvalue weighted by molar-refractivity contribution is -0.139. The highest BCUT2D eigenvalue weighted by atomic mass is 32.1. The van der Waals surface area contributed by atoms with E-state index in [2.05, 4.69) is 0 Å². The maximum Gasteiger partial charge on any atom is 0.338 e. The Kier molecular flexibility index (Phi) is 9.22. The van der Waals surface area contributed by atoms with E-state index in [0.29, 0.717) is 50.0 Å². The third kappa shape index (κ3) is 6.16. The molecule has 240 valence electrons. The van der Waals surface area contributed by atoms with Crippen LogP contribution in [0.4, 0.5) is 0 Å². The van der Waals surface area contributed by atoms with Crippen molar-refractivity contribution in [2.24, 2.45) is 4.99 Å². The molecule has 1 aliphatic rings. The summed E-state index contributed by atoms with van der Waals surface area (Å²) >= 11 is 1.21. The third-order valence-corrected chi connectivity index (χ3v) is 8.96. The normalized spacial score (nSPS) is 14.6. The summed E-state index contributed by atoms with van der Waals surface area (Å²) in [4.78, 5) is 45.1. The third-order valence-electron chi connectivity index (χ3n) is 7.98. The predicted molar refractivity (Wildman–Crippen MR) is 180 cm³/mol. The van der Waals surface area contributed by atoms with Gasteiger partial charge >= 0.3 is 11.9 Å². The summed E-state index contributed by atoms with van der Waals surface area (Å²) in [5.74, 6) is 0.679. The Morgan fingerprint density at radius 1 is 0.979 bits per heavy atom. The van der Waals surface area contributed by atoms with E-state index in [1.807, 2.05) is 49.4 Å². The van der Waals surface area contributed by atoms with Crippen LogP contribution in [0.25, 0.3) is 28.2 Å². The number of benzene rings is 3. The molecule has 0 fully saturated rings. The summed E-state index contributed by atoms with van der Waals surface area (Å²) in [5.41, 5.74) is 2.33. The molecule has 6 rings (SSSR count). The molecule has 10 heteroatoms. The molecule has 0 saturated heterocycles. The van der Waals surface area contributed by atoms with Crippen molar-refractivity contribution in [1.82, 2.24) is 4.57 Å². The second-order valence-electron chi connectivity index (χ2n) is 11.0. The lowest BCUT2D eigenvalue weighted by atomic mass is 9.90. The molecule has 3 heterocycles. The van der Waals surface area contributed by atoms with E-state index in [1.54, 1.807) is 61.9 Å². The van der Waals surface area contributed by atoms with E-state index in [-0.39, 0.29) is 23.7 Å². The highest BCUT2D eigenvalue weighted by Gasteiger charge is 2.36. The molecule has 0 saturated carbocycles. The zero-order chi connectivity index (χ0) is 33.1.